The zero-order valence-electron chi connectivity index (χ0n) is 16.4. The Bertz CT molecular complexity index is 886. The molecular weight excluding hydrogens is 336 g/mol. The van der Waals surface area contributed by atoms with Crippen LogP contribution in [0.25, 0.3) is 11.3 Å². The van der Waals surface area contributed by atoms with Crippen molar-refractivity contribution in [1.82, 2.24) is 0 Å². The third kappa shape index (κ3) is 3.34. The monoisotopic (exact) mass is 362 g/mol. The van der Waals surface area contributed by atoms with Crippen LogP contribution in [0.4, 0.5) is 0 Å². The molecule has 0 aliphatic carbocycles. The zero-order chi connectivity index (χ0) is 19.0. The standard InChI is InChI=1S/C24H26OS/c1-14-10-16(3)21(17(4)11-14)23(24(25)20-8-7-9-26-20)22-18(5)12-15(2)13-19(22)6/h7-13,25H,1-6H3. The van der Waals surface area contributed by atoms with Gasteiger partial charge in [0.05, 0.1) is 4.88 Å². The summed E-state index contributed by atoms with van der Waals surface area (Å²) in [4.78, 5) is 0.902. The molecule has 0 aliphatic heterocycles. The van der Waals surface area contributed by atoms with Crippen LogP contribution in [0.1, 0.15) is 49.4 Å². The first-order chi connectivity index (χ1) is 12.3. The van der Waals surface area contributed by atoms with E-state index in [1.165, 1.54) is 33.4 Å². The van der Waals surface area contributed by atoms with Crippen LogP contribution in [-0.2, 0) is 0 Å². The molecular formula is C24H26OS. The van der Waals surface area contributed by atoms with Crippen molar-refractivity contribution in [3.05, 3.63) is 91.2 Å². The van der Waals surface area contributed by atoms with E-state index >= 15 is 0 Å². The molecule has 0 unspecified atom stereocenters. The van der Waals surface area contributed by atoms with E-state index < -0.39 is 0 Å². The molecule has 0 fully saturated rings. The van der Waals surface area contributed by atoms with Gasteiger partial charge in [-0.05, 0) is 86.4 Å². The fourth-order valence-electron chi connectivity index (χ4n) is 4.05. The average Bonchev–Trinajstić information content (AvgIpc) is 3.05. The Hall–Kier alpha value is -2.32. The number of benzene rings is 2. The van der Waals surface area contributed by atoms with Crippen LogP contribution in [0.2, 0.25) is 0 Å². The van der Waals surface area contributed by atoms with Crippen LogP contribution < -0.4 is 0 Å². The minimum absolute atomic E-state index is 0.366. The fourth-order valence-corrected chi connectivity index (χ4v) is 4.72. The van der Waals surface area contributed by atoms with Gasteiger partial charge in [-0.3, -0.25) is 0 Å². The maximum atomic E-state index is 11.3. The average molecular weight is 363 g/mol. The first-order valence-corrected chi connectivity index (χ1v) is 9.81. The van der Waals surface area contributed by atoms with Crippen LogP contribution in [0.5, 0.6) is 0 Å². The van der Waals surface area contributed by atoms with Crippen molar-refractivity contribution in [3.63, 3.8) is 0 Å². The molecule has 0 aliphatic rings. The highest BCUT2D eigenvalue weighted by Gasteiger charge is 2.21. The highest BCUT2D eigenvalue weighted by Crippen LogP contribution is 2.39. The molecule has 3 aromatic rings. The van der Waals surface area contributed by atoms with Crippen molar-refractivity contribution in [2.45, 2.75) is 41.5 Å². The molecule has 1 heterocycles. The summed E-state index contributed by atoms with van der Waals surface area (Å²) in [5, 5.41) is 13.3. The Labute approximate surface area is 160 Å². The van der Waals surface area contributed by atoms with E-state index in [0.717, 1.165) is 21.6 Å². The van der Waals surface area contributed by atoms with Crippen LogP contribution in [0.3, 0.4) is 0 Å². The molecule has 26 heavy (non-hydrogen) atoms. The largest absolute Gasteiger partial charge is 0.506 e. The van der Waals surface area contributed by atoms with Crippen molar-refractivity contribution < 1.29 is 5.11 Å². The number of hydrogen-bond acceptors (Lipinski definition) is 2. The number of aryl methyl sites for hydroxylation is 6. The highest BCUT2D eigenvalue weighted by molar-refractivity contribution is 7.11. The highest BCUT2D eigenvalue weighted by atomic mass is 32.1. The molecule has 0 atom stereocenters. The predicted molar refractivity (Wildman–Crippen MR) is 114 cm³/mol. The summed E-state index contributed by atoms with van der Waals surface area (Å²) in [7, 11) is 0. The van der Waals surface area contributed by atoms with Gasteiger partial charge in [-0.25, -0.2) is 0 Å². The first kappa shape index (κ1) is 18.5. The van der Waals surface area contributed by atoms with E-state index in [1.54, 1.807) is 11.3 Å². The lowest BCUT2D eigenvalue weighted by molar-refractivity contribution is 0.515. The Morgan fingerprint density at radius 2 is 1.15 bits per heavy atom. The molecule has 0 amide bonds. The Balaban J connectivity index is 2.43. The molecule has 0 spiro atoms. The van der Waals surface area contributed by atoms with Crippen LogP contribution in [0, 0.1) is 41.5 Å². The van der Waals surface area contributed by atoms with Gasteiger partial charge < -0.3 is 5.11 Å². The third-order valence-corrected chi connectivity index (χ3v) is 5.72. The number of thiophene rings is 1. The molecule has 2 heteroatoms. The van der Waals surface area contributed by atoms with Gasteiger partial charge in [0.1, 0.15) is 5.76 Å². The van der Waals surface area contributed by atoms with Gasteiger partial charge in [0, 0.05) is 5.57 Å². The van der Waals surface area contributed by atoms with Crippen molar-refractivity contribution in [1.29, 1.82) is 0 Å². The normalized spacial score (nSPS) is 10.8. The molecule has 1 N–H and O–H groups in total. The summed E-state index contributed by atoms with van der Waals surface area (Å²) in [5.74, 6) is 0.366. The van der Waals surface area contributed by atoms with Crippen molar-refractivity contribution in [2.24, 2.45) is 0 Å². The maximum absolute atomic E-state index is 11.3. The number of rotatable bonds is 3. The summed E-state index contributed by atoms with van der Waals surface area (Å²) in [6.45, 7) is 12.8. The molecule has 0 radical (unpaired) electrons. The van der Waals surface area contributed by atoms with Gasteiger partial charge in [-0.1, -0.05) is 41.5 Å². The van der Waals surface area contributed by atoms with Gasteiger partial charge >= 0.3 is 0 Å². The summed E-state index contributed by atoms with van der Waals surface area (Å²) < 4.78 is 0. The van der Waals surface area contributed by atoms with E-state index in [0.29, 0.717) is 5.76 Å². The summed E-state index contributed by atoms with van der Waals surface area (Å²) in [6, 6.07) is 12.8. The predicted octanol–water partition coefficient (Wildman–Crippen LogP) is 7.07. The topological polar surface area (TPSA) is 20.2 Å². The van der Waals surface area contributed by atoms with Crippen LogP contribution >= 0.6 is 11.3 Å². The fraction of sp³-hybridized carbons (Fsp3) is 0.250. The van der Waals surface area contributed by atoms with Gasteiger partial charge in [-0.15, -0.1) is 11.3 Å². The smallest absolute Gasteiger partial charge is 0.141 e. The Morgan fingerprint density at radius 3 is 1.50 bits per heavy atom. The van der Waals surface area contributed by atoms with E-state index in [1.807, 2.05) is 17.5 Å². The number of aliphatic hydroxyl groups excluding tert-OH is 1. The van der Waals surface area contributed by atoms with Crippen LogP contribution in [0.15, 0.2) is 41.8 Å². The van der Waals surface area contributed by atoms with Crippen molar-refractivity contribution in [2.75, 3.05) is 0 Å². The lowest BCUT2D eigenvalue weighted by Gasteiger charge is -2.21. The van der Waals surface area contributed by atoms with Crippen molar-refractivity contribution >= 4 is 22.7 Å². The SMILES string of the molecule is Cc1cc(C)c(C(=C(O)c2cccs2)c2c(C)cc(C)cc2C)c(C)c1. The van der Waals surface area contributed by atoms with Gasteiger partial charge in [-0.2, -0.15) is 0 Å². The van der Waals surface area contributed by atoms with Crippen LogP contribution in [-0.4, -0.2) is 5.11 Å². The van der Waals surface area contributed by atoms with Crippen molar-refractivity contribution in [3.8, 4) is 0 Å². The summed E-state index contributed by atoms with van der Waals surface area (Å²) >= 11 is 1.57. The third-order valence-electron chi connectivity index (χ3n) is 4.85. The van der Waals surface area contributed by atoms with E-state index in [-0.39, 0.29) is 0 Å². The summed E-state index contributed by atoms with van der Waals surface area (Å²) in [5.41, 5.74) is 10.5. The Morgan fingerprint density at radius 1 is 0.731 bits per heavy atom. The molecule has 1 aromatic heterocycles. The zero-order valence-corrected chi connectivity index (χ0v) is 17.2. The quantitative estimate of drug-likeness (QED) is 0.494. The minimum atomic E-state index is 0.366. The van der Waals surface area contributed by atoms with Gasteiger partial charge in [0.2, 0.25) is 0 Å². The number of hydrogen-bond donors (Lipinski definition) is 1. The lowest BCUT2D eigenvalue weighted by Crippen LogP contribution is -2.03. The van der Waals surface area contributed by atoms with E-state index in [9.17, 15) is 5.11 Å². The van der Waals surface area contributed by atoms with Gasteiger partial charge in [0.25, 0.3) is 0 Å². The summed E-state index contributed by atoms with van der Waals surface area (Å²) in [6.07, 6.45) is 0. The Kier molecular flexibility index (Phi) is 5.06. The lowest BCUT2D eigenvalue weighted by atomic mass is 9.84. The second-order valence-corrected chi connectivity index (χ2v) is 8.20. The van der Waals surface area contributed by atoms with E-state index in [2.05, 4.69) is 65.8 Å². The molecule has 1 nitrogen and oxygen atoms in total. The first-order valence-electron chi connectivity index (χ1n) is 8.93. The minimum Gasteiger partial charge on any atom is -0.506 e. The second-order valence-electron chi connectivity index (χ2n) is 7.25. The second kappa shape index (κ2) is 7.13. The molecule has 0 bridgehead atoms. The maximum Gasteiger partial charge on any atom is 0.141 e. The molecule has 3 rings (SSSR count). The van der Waals surface area contributed by atoms with E-state index in [4.69, 9.17) is 0 Å². The molecule has 0 saturated carbocycles. The van der Waals surface area contributed by atoms with Gasteiger partial charge in [0.15, 0.2) is 0 Å². The molecule has 134 valence electrons. The molecule has 2 aromatic carbocycles. The molecule has 0 saturated heterocycles. The number of aliphatic hydroxyl groups is 1.